The van der Waals surface area contributed by atoms with Gasteiger partial charge in [0.05, 0.1) is 0 Å². The summed E-state index contributed by atoms with van der Waals surface area (Å²) in [5.41, 5.74) is 0. The van der Waals surface area contributed by atoms with Gasteiger partial charge >= 0.3 is 111 Å². The molecule has 0 aliphatic carbocycles. The Bertz CT molecular complexity index is 244. The van der Waals surface area contributed by atoms with Crippen molar-refractivity contribution in [1.29, 1.82) is 0 Å². The molecule has 0 aromatic carbocycles. The van der Waals surface area contributed by atoms with E-state index < -0.39 is 0 Å². The van der Waals surface area contributed by atoms with Crippen molar-refractivity contribution in [2.24, 2.45) is 0 Å². The second-order valence-corrected chi connectivity index (χ2v) is 7.10. The summed E-state index contributed by atoms with van der Waals surface area (Å²) in [6.45, 7) is 8.60. The molecule has 0 aromatic heterocycles. The average molecular weight is 392 g/mol. The van der Waals surface area contributed by atoms with Crippen LogP contribution in [0.1, 0.15) is 46.0 Å². The Morgan fingerprint density at radius 2 is 1.81 bits per heavy atom. The monoisotopic (exact) mass is 392 g/mol. The Morgan fingerprint density at radius 1 is 1.12 bits per heavy atom. The van der Waals surface area contributed by atoms with Gasteiger partial charge in [-0.05, 0) is 0 Å². The predicted octanol–water partition coefficient (Wildman–Crippen LogP) is 2.02. The summed E-state index contributed by atoms with van der Waals surface area (Å²) in [7, 11) is 0. The van der Waals surface area contributed by atoms with Gasteiger partial charge in [0, 0.05) is 0 Å². The van der Waals surface area contributed by atoms with Crippen LogP contribution in [0.4, 0.5) is 0 Å². The van der Waals surface area contributed by atoms with Crippen molar-refractivity contribution in [3.63, 3.8) is 0 Å². The van der Waals surface area contributed by atoms with Crippen molar-refractivity contribution in [3.05, 3.63) is 0 Å². The molecule has 92 valence electrons. The molecule has 0 saturated carbocycles. The van der Waals surface area contributed by atoms with E-state index in [1.54, 1.807) is 23.4 Å². The summed E-state index contributed by atoms with van der Waals surface area (Å²) in [6.07, 6.45) is 6.99. The predicted molar refractivity (Wildman–Crippen MR) is 65.3 cm³/mol. The summed E-state index contributed by atoms with van der Waals surface area (Å²) in [4.78, 5) is 5.37. The van der Waals surface area contributed by atoms with E-state index in [4.69, 9.17) is 0 Å². The van der Waals surface area contributed by atoms with Gasteiger partial charge in [-0.25, -0.2) is 0 Å². The first-order chi connectivity index (χ1) is 7.68. The van der Waals surface area contributed by atoms with E-state index in [2.05, 4.69) is 23.6 Å². The number of piperidine rings is 2. The fourth-order valence-corrected chi connectivity index (χ4v) is 4.31. The maximum absolute atomic E-state index is 2.75. The molecule has 2 aliphatic rings. The van der Waals surface area contributed by atoms with Gasteiger partial charge in [-0.3, -0.25) is 0 Å². The van der Waals surface area contributed by atoms with E-state index in [-0.39, 0.29) is 0 Å². The Morgan fingerprint density at radius 3 is 2.38 bits per heavy atom. The van der Waals surface area contributed by atoms with Crippen LogP contribution >= 0.6 is 0 Å². The molecule has 2 nitrogen and oxygen atoms in total. The molecule has 2 rings (SSSR count). The molecule has 0 aromatic rings. The van der Waals surface area contributed by atoms with Crippen LogP contribution in [0.3, 0.4) is 0 Å². The van der Waals surface area contributed by atoms with Crippen molar-refractivity contribution in [2.45, 2.75) is 58.0 Å². The molecule has 2 fully saturated rings. The van der Waals surface area contributed by atoms with Gasteiger partial charge in [0.1, 0.15) is 0 Å². The zero-order valence-electron chi connectivity index (χ0n) is 10.6. The van der Waals surface area contributed by atoms with Crippen molar-refractivity contribution < 1.29 is 19.4 Å². The molecule has 2 heterocycles. The number of rotatable bonds is 2. The first-order valence-electron chi connectivity index (χ1n) is 6.72. The third-order valence-corrected chi connectivity index (χ3v) is 5.61. The third kappa shape index (κ3) is 3.03. The second-order valence-electron chi connectivity index (χ2n) is 5.41. The summed E-state index contributed by atoms with van der Waals surface area (Å²) in [6, 6.07) is 1.60. The normalized spacial score (nSPS) is 26.6. The van der Waals surface area contributed by atoms with E-state index in [0.717, 1.165) is 12.1 Å². The number of likely N-dealkylation sites (tertiary alicyclic amines) is 2. The van der Waals surface area contributed by atoms with Crippen LogP contribution in [0.25, 0.3) is 0 Å². The van der Waals surface area contributed by atoms with Crippen molar-refractivity contribution >= 4 is 4.02 Å². The summed E-state index contributed by atoms with van der Waals surface area (Å²) in [5.74, 6) is 0. The van der Waals surface area contributed by atoms with Gasteiger partial charge in [0.25, 0.3) is 0 Å². The van der Waals surface area contributed by atoms with E-state index in [9.17, 15) is 0 Å². The molecule has 0 radical (unpaired) electrons. The first kappa shape index (κ1) is 12.9. The van der Waals surface area contributed by atoms with Crippen LogP contribution in [0.15, 0.2) is 0 Å². The van der Waals surface area contributed by atoms with Crippen LogP contribution in [-0.2, 0) is 19.4 Å². The maximum atomic E-state index is 2.75. The van der Waals surface area contributed by atoms with E-state index in [1.165, 1.54) is 51.7 Å². The number of nitrogens with zero attached hydrogens (tertiary/aromatic N) is 2. The number of hydrogen-bond donors (Lipinski definition) is 0. The second kappa shape index (κ2) is 5.89. The summed E-state index contributed by atoms with van der Waals surface area (Å²) >= 11 is 1.71. The molecule has 0 unspecified atom stereocenters. The minimum absolute atomic E-state index is 0.734. The first-order valence-corrected chi connectivity index (χ1v) is 8.18. The van der Waals surface area contributed by atoms with E-state index >= 15 is 0 Å². The topological polar surface area (TPSA) is 6.48 Å². The number of hydrogen-bond acceptors (Lipinski definition) is 2. The van der Waals surface area contributed by atoms with Gasteiger partial charge in [-0.2, -0.15) is 0 Å². The zero-order chi connectivity index (χ0) is 11.5. The van der Waals surface area contributed by atoms with Crippen LogP contribution in [-0.4, -0.2) is 45.5 Å². The van der Waals surface area contributed by atoms with Gasteiger partial charge in [-0.1, -0.05) is 0 Å². The van der Waals surface area contributed by atoms with E-state index in [0.29, 0.717) is 0 Å². The molecule has 16 heavy (non-hydrogen) atoms. The molecule has 0 spiro atoms. The fraction of sp³-hybridized carbons (Fsp3) is 0.923. The summed E-state index contributed by atoms with van der Waals surface area (Å²) in [5, 5.41) is 0. The standard InChI is InChI=1S/C13H24N2.W/c1-12(2)14-10-6-13(7-11-14)15-8-4-3-5-9-15;/h12-13H,3-8,10-11H2,1-2H3;. The minimum atomic E-state index is 0.734. The fourth-order valence-electron chi connectivity index (χ4n) is 2.93. The molecular formula is C13H24N2W. The Hall–Kier alpha value is 0.478. The van der Waals surface area contributed by atoms with Crippen LogP contribution < -0.4 is 0 Å². The van der Waals surface area contributed by atoms with Crippen molar-refractivity contribution in [1.82, 2.24) is 9.80 Å². The molecule has 2 saturated heterocycles. The van der Waals surface area contributed by atoms with Crippen LogP contribution in [0.2, 0.25) is 0 Å². The molecule has 0 amide bonds. The SMILES string of the molecule is CC(C)N1CCC(N2CCCC[C]2=[W])CC1. The van der Waals surface area contributed by atoms with Crippen molar-refractivity contribution in [3.8, 4) is 0 Å². The van der Waals surface area contributed by atoms with Crippen LogP contribution in [0.5, 0.6) is 0 Å². The van der Waals surface area contributed by atoms with Gasteiger partial charge < -0.3 is 0 Å². The molecule has 0 N–H and O–H groups in total. The van der Waals surface area contributed by atoms with Gasteiger partial charge in [0.15, 0.2) is 0 Å². The summed E-state index contributed by atoms with van der Waals surface area (Å²) < 4.78 is 1.73. The Balaban J connectivity index is 1.86. The Kier molecular flexibility index (Phi) is 4.75. The van der Waals surface area contributed by atoms with Crippen molar-refractivity contribution in [2.75, 3.05) is 19.6 Å². The third-order valence-electron chi connectivity index (χ3n) is 4.03. The molecule has 0 bridgehead atoms. The quantitative estimate of drug-likeness (QED) is 0.710. The Labute approximate surface area is 111 Å². The van der Waals surface area contributed by atoms with Crippen LogP contribution in [0, 0.1) is 0 Å². The zero-order valence-corrected chi connectivity index (χ0v) is 13.5. The molecular weight excluding hydrogens is 368 g/mol. The van der Waals surface area contributed by atoms with Gasteiger partial charge in [0.2, 0.25) is 0 Å². The molecule has 2 aliphatic heterocycles. The molecule has 3 heteroatoms. The van der Waals surface area contributed by atoms with E-state index in [1.807, 2.05) is 0 Å². The average Bonchev–Trinajstić information content (AvgIpc) is 2.30. The molecule has 0 atom stereocenters. The van der Waals surface area contributed by atoms with Gasteiger partial charge in [-0.15, -0.1) is 0 Å².